The van der Waals surface area contributed by atoms with Crippen LogP contribution in [0.25, 0.3) is 6.08 Å². The molecule has 0 saturated heterocycles. The summed E-state index contributed by atoms with van der Waals surface area (Å²) in [5.74, 6) is 0.663. The molecule has 2 aromatic carbocycles. The first-order chi connectivity index (χ1) is 11.6. The number of esters is 1. The van der Waals surface area contributed by atoms with Crippen LogP contribution in [0.5, 0.6) is 11.5 Å². The zero-order chi connectivity index (χ0) is 17.1. The Labute approximate surface area is 144 Å². The van der Waals surface area contributed by atoms with Crippen molar-refractivity contribution in [2.75, 3.05) is 14.2 Å². The lowest BCUT2D eigenvalue weighted by Crippen LogP contribution is -2.05. The second-order valence-electron chi connectivity index (χ2n) is 4.93. The van der Waals surface area contributed by atoms with E-state index in [0.29, 0.717) is 22.1 Å². The second kappa shape index (κ2) is 6.76. The van der Waals surface area contributed by atoms with Crippen LogP contribution in [-0.4, -0.2) is 26.1 Å². The van der Waals surface area contributed by atoms with Gasteiger partial charge in [-0.25, -0.2) is 9.79 Å². The van der Waals surface area contributed by atoms with Gasteiger partial charge in [0.1, 0.15) is 0 Å². The summed E-state index contributed by atoms with van der Waals surface area (Å²) in [7, 11) is 3.03. The number of methoxy groups -OCH3 is 2. The molecule has 0 N–H and O–H groups in total. The first kappa shape index (κ1) is 16.1. The van der Waals surface area contributed by atoms with Crippen LogP contribution in [0, 0.1) is 0 Å². The molecule has 0 unspecified atom stereocenters. The normalized spacial score (nSPS) is 15.2. The summed E-state index contributed by atoms with van der Waals surface area (Å²) < 4.78 is 15.8. The Kier molecular flexibility index (Phi) is 4.53. The van der Waals surface area contributed by atoms with E-state index in [1.54, 1.807) is 18.2 Å². The van der Waals surface area contributed by atoms with Crippen LogP contribution in [0.3, 0.4) is 0 Å². The monoisotopic (exact) mass is 343 g/mol. The van der Waals surface area contributed by atoms with Crippen molar-refractivity contribution >= 4 is 29.5 Å². The van der Waals surface area contributed by atoms with Gasteiger partial charge < -0.3 is 14.2 Å². The highest BCUT2D eigenvalue weighted by Gasteiger charge is 2.25. The molecule has 3 rings (SSSR count). The van der Waals surface area contributed by atoms with Crippen LogP contribution in [0.2, 0.25) is 5.02 Å². The topological polar surface area (TPSA) is 57.1 Å². The summed E-state index contributed by atoms with van der Waals surface area (Å²) in [6.45, 7) is 0. The lowest BCUT2D eigenvalue weighted by Gasteiger charge is -2.11. The zero-order valence-corrected chi connectivity index (χ0v) is 13.8. The van der Waals surface area contributed by atoms with Gasteiger partial charge >= 0.3 is 5.97 Å². The van der Waals surface area contributed by atoms with Crippen LogP contribution in [0.4, 0.5) is 0 Å². The van der Waals surface area contributed by atoms with Crippen molar-refractivity contribution in [2.24, 2.45) is 4.99 Å². The highest BCUT2D eigenvalue weighted by Crippen LogP contribution is 2.36. The number of aliphatic imine (C=N–C) groups is 1. The van der Waals surface area contributed by atoms with Crippen molar-refractivity contribution in [3.8, 4) is 11.5 Å². The number of ether oxygens (including phenoxy) is 3. The van der Waals surface area contributed by atoms with Crippen molar-refractivity contribution < 1.29 is 19.0 Å². The molecule has 24 heavy (non-hydrogen) atoms. The predicted octanol–water partition coefficient (Wildman–Crippen LogP) is 3.70. The molecule has 0 fully saturated rings. The molecule has 1 aliphatic heterocycles. The van der Waals surface area contributed by atoms with Crippen LogP contribution < -0.4 is 9.47 Å². The number of hydrogen-bond donors (Lipinski definition) is 0. The lowest BCUT2D eigenvalue weighted by atomic mass is 10.1. The molecule has 0 aromatic heterocycles. The maximum Gasteiger partial charge on any atom is 0.363 e. The summed E-state index contributed by atoms with van der Waals surface area (Å²) in [5, 5.41) is 0.457. The van der Waals surface area contributed by atoms with E-state index in [-0.39, 0.29) is 11.6 Å². The number of halogens is 1. The third-order valence-electron chi connectivity index (χ3n) is 3.41. The van der Waals surface area contributed by atoms with E-state index in [1.807, 2.05) is 30.3 Å². The van der Waals surface area contributed by atoms with Crippen molar-refractivity contribution in [1.29, 1.82) is 0 Å². The van der Waals surface area contributed by atoms with E-state index in [0.717, 1.165) is 5.56 Å². The Balaban J connectivity index is 2.04. The summed E-state index contributed by atoms with van der Waals surface area (Å²) in [5.41, 5.74) is 1.47. The van der Waals surface area contributed by atoms with Gasteiger partial charge in [0.2, 0.25) is 5.90 Å². The van der Waals surface area contributed by atoms with Gasteiger partial charge in [-0.2, -0.15) is 0 Å². The van der Waals surface area contributed by atoms with Crippen molar-refractivity contribution in [2.45, 2.75) is 0 Å². The van der Waals surface area contributed by atoms with Crippen LogP contribution in [0.1, 0.15) is 11.1 Å². The Bertz CT molecular complexity index is 844. The maximum atomic E-state index is 12.1. The van der Waals surface area contributed by atoms with Gasteiger partial charge in [-0.3, -0.25) is 0 Å². The number of nitrogens with zero attached hydrogens (tertiary/aromatic N) is 1. The fraction of sp³-hybridized carbons (Fsp3) is 0.111. The summed E-state index contributed by atoms with van der Waals surface area (Å²) in [4.78, 5) is 16.4. The number of rotatable bonds is 4. The molecular weight excluding hydrogens is 330 g/mol. The van der Waals surface area contributed by atoms with Gasteiger partial charge in [-0.05, 0) is 24.3 Å². The minimum atomic E-state index is -0.533. The van der Waals surface area contributed by atoms with Crippen molar-refractivity contribution in [1.82, 2.24) is 0 Å². The molecule has 122 valence electrons. The zero-order valence-electron chi connectivity index (χ0n) is 13.1. The summed E-state index contributed by atoms with van der Waals surface area (Å²) in [6.07, 6.45) is 1.56. The van der Waals surface area contributed by atoms with Gasteiger partial charge in [0.25, 0.3) is 0 Å². The predicted molar refractivity (Wildman–Crippen MR) is 91.6 cm³/mol. The molecule has 0 radical (unpaired) electrons. The Morgan fingerprint density at radius 1 is 1.12 bits per heavy atom. The lowest BCUT2D eigenvalue weighted by molar-refractivity contribution is -0.129. The minimum Gasteiger partial charge on any atom is -0.493 e. The molecule has 1 heterocycles. The first-order valence-electron chi connectivity index (χ1n) is 7.12. The van der Waals surface area contributed by atoms with E-state index in [9.17, 15) is 4.79 Å². The maximum absolute atomic E-state index is 12.1. The Hall–Kier alpha value is -2.79. The average molecular weight is 344 g/mol. The van der Waals surface area contributed by atoms with Crippen molar-refractivity contribution in [3.63, 3.8) is 0 Å². The van der Waals surface area contributed by atoms with Crippen LogP contribution in [0.15, 0.2) is 53.2 Å². The van der Waals surface area contributed by atoms with Gasteiger partial charge in [-0.1, -0.05) is 29.8 Å². The molecule has 1 aliphatic rings. The first-order valence-corrected chi connectivity index (χ1v) is 7.49. The standard InChI is InChI=1S/C18H14ClNO4/c1-22-15-10-13(19)8-12(16(15)23-2)9-14-18(21)24-17(20-14)11-6-4-3-5-7-11/h3-10H,1-2H3/b14-9+. The third kappa shape index (κ3) is 3.12. The molecule has 0 bridgehead atoms. The fourth-order valence-corrected chi connectivity index (χ4v) is 2.54. The average Bonchev–Trinajstić information content (AvgIpc) is 2.96. The van der Waals surface area contributed by atoms with Gasteiger partial charge in [0, 0.05) is 22.2 Å². The molecule has 0 spiro atoms. The highest BCUT2D eigenvalue weighted by molar-refractivity contribution is 6.31. The second-order valence-corrected chi connectivity index (χ2v) is 5.37. The van der Waals surface area contributed by atoms with Crippen molar-refractivity contribution in [3.05, 3.63) is 64.3 Å². The number of carbonyl (C=O) groups is 1. The quantitative estimate of drug-likeness (QED) is 0.627. The molecule has 0 saturated carbocycles. The smallest absolute Gasteiger partial charge is 0.363 e. The summed E-state index contributed by atoms with van der Waals surface area (Å²) >= 11 is 6.09. The van der Waals surface area contributed by atoms with E-state index in [4.69, 9.17) is 25.8 Å². The van der Waals surface area contributed by atoms with E-state index in [1.165, 1.54) is 14.2 Å². The SMILES string of the molecule is COc1cc(Cl)cc(/C=C2/N=C(c3ccccc3)OC2=O)c1OC. The molecule has 0 aliphatic carbocycles. The van der Waals surface area contributed by atoms with E-state index >= 15 is 0 Å². The molecule has 6 heteroatoms. The Morgan fingerprint density at radius 3 is 2.54 bits per heavy atom. The highest BCUT2D eigenvalue weighted by atomic mass is 35.5. The number of cyclic esters (lactones) is 1. The summed E-state index contributed by atoms with van der Waals surface area (Å²) in [6, 6.07) is 12.5. The van der Waals surface area contributed by atoms with E-state index < -0.39 is 5.97 Å². The van der Waals surface area contributed by atoms with E-state index in [2.05, 4.69) is 4.99 Å². The fourth-order valence-electron chi connectivity index (χ4n) is 2.33. The minimum absolute atomic E-state index is 0.163. The molecular formula is C18H14ClNO4. The third-order valence-corrected chi connectivity index (χ3v) is 3.62. The Morgan fingerprint density at radius 2 is 1.88 bits per heavy atom. The number of carbonyl (C=O) groups excluding carboxylic acids is 1. The van der Waals surface area contributed by atoms with Crippen LogP contribution in [-0.2, 0) is 9.53 Å². The molecule has 2 aromatic rings. The molecule has 0 amide bonds. The van der Waals surface area contributed by atoms with Gasteiger partial charge in [0.15, 0.2) is 17.2 Å². The van der Waals surface area contributed by atoms with Gasteiger partial charge in [0.05, 0.1) is 14.2 Å². The van der Waals surface area contributed by atoms with Crippen LogP contribution >= 0.6 is 11.6 Å². The number of benzene rings is 2. The number of hydrogen-bond acceptors (Lipinski definition) is 5. The molecule has 5 nitrogen and oxygen atoms in total. The largest absolute Gasteiger partial charge is 0.493 e. The van der Waals surface area contributed by atoms with Gasteiger partial charge in [-0.15, -0.1) is 0 Å². The molecule has 0 atom stereocenters.